The zero-order chi connectivity index (χ0) is 23.2. The second-order valence-corrected chi connectivity index (χ2v) is 10.6. The van der Waals surface area contributed by atoms with E-state index in [0.29, 0.717) is 48.8 Å². The maximum Gasteiger partial charge on any atom is 0.274 e. The summed E-state index contributed by atoms with van der Waals surface area (Å²) in [5.41, 5.74) is 4.08. The van der Waals surface area contributed by atoms with Gasteiger partial charge < -0.3 is 15.1 Å². The van der Waals surface area contributed by atoms with Crippen LogP contribution in [0.5, 0.6) is 0 Å². The first kappa shape index (κ1) is 21.8. The molecule has 9 nitrogen and oxygen atoms in total. The Morgan fingerprint density at radius 2 is 2.00 bits per heavy atom. The van der Waals surface area contributed by atoms with Crippen LogP contribution in [0.4, 0.5) is 0 Å². The number of carbonyl (C=O) groups is 2. The summed E-state index contributed by atoms with van der Waals surface area (Å²) in [6.07, 6.45) is 6.65. The second kappa shape index (κ2) is 8.83. The van der Waals surface area contributed by atoms with Gasteiger partial charge in [0.2, 0.25) is 0 Å². The monoisotopic (exact) mass is 465 g/mol. The molecule has 6 rings (SSSR count). The quantitative estimate of drug-likeness (QED) is 0.623. The Bertz CT molecular complexity index is 1080. The molecule has 2 amide bonds. The molecule has 4 heterocycles. The number of carbonyl (C=O) groups excluding carboxylic acids is 2. The van der Waals surface area contributed by atoms with Crippen LogP contribution in [-0.4, -0.2) is 74.3 Å². The minimum atomic E-state index is -0.106. The van der Waals surface area contributed by atoms with Crippen molar-refractivity contribution in [2.75, 3.05) is 32.7 Å². The molecular weight excluding hydrogens is 430 g/mol. The summed E-state index contributed by atoms with van der Waals surface area (Å²) in [7, 11) is 0. The highest BCUT2D eigenvalue weighted by Gasteiger charge is 2.34. The van der Waals surface area contributed by atoms with Crippen molar-refractivity contribution in [3.05, 3.63) is 34.4 Å². The Morgan fingerprint density at radius 1 is 1.15 bits per heavy atom. The molecular formula is C25H35N7O2. The Labute approximate surface area is 200 Å². The van der Waals surface area contributed by atoms with Crippen molar-refractivity contribution < 1.29 is 9.59 Å². The highest BCUT2D eigenvalue weighted by Crippen LogP contribution is 2.39. The molecule has 2 aromatic rings. The largest absolute Gasteiger partial charge is 0.350 e. The molecule has 1 atom stereocenters. The predicted molar refractivity (Wildman–Crippen MR) is 127 cm³/mol. The van der Waals surface area contributed by atoms with Crippen molar-refractivity contribution in [1.82, 2.24) is 35.1 Å². The molecule has 3 fully saturated rings. The number of hydrogen-bond acceptors (Lipinski definition) is 5. The summed E-state index contributed by atoms with van der Waals surface area (Å²) in [5.74, 6) is 1.52. The van der Waals surface area contributed by atoms with Crippen molar-refractivity contribution in [3.63, 3.8) is 0 Å². The number of H-pyrrole nitrogens is 1. The van der Waals surface area contributed by atoms with Crippen molar-refractivity contribution in [3.8, 4) is 0 Å². The molecule has 2 aromatic heterocycles. The lowest BCUT2D eigenvalue weighted by Crippen LogP contribution is -2.38. The van der Waals surface area contributed by atoms with Gasteiger partial charge in [-0.2, -0.15) is 10.2 Å². The first-order chi connectivity index (χ1) is 16.6. The van der Waals surface area contributed by atoms with Gasteiger partial charge in [0.05, 0.1) is 6.54 Å². The Kier molecular flexibility index (Phi) is 5.67. The summed E-state index contributed by atoms with van der Waals surface area (Å²) >= 11 is 0. The van der Waals surface area contributed by atoms with E-state index in [1.165, 1.54) is 25.7 Å². The van der Waals surface area contributed by atoms with E-state index in [-0.39, 0.29) is 11.8 Å². The van der Waals surface area contributed by atoms with Gasteiger partial charge in [0.1, 0.15) is 5.69 Å². The molecule has 2 N–H and O–H groups in total. The lowest BCUT2D eigenvalue weighted by Gasteiger charge is -2.27. The minimum absolute atomic E-state index is 0.0688. The van der Waals surface area contributed by atoms with E-state index >= 15 is 0 Å². The second-order valence-electron chi connectivity index (χ2n) is 10.6. The Morgan fingerprint density at radius 3 is 2.74 bits per heavy atom. The standard InChI is InChI=1S/C25H35N7O2/c1-2-30-9-7-17(13-30)12-26-24(33)23-19-15-31(10-8-22(19)32(29-23)14-16-3-4-16)25(34)21-11-20(27-28-21)18-5-6-18/h11,16-18H,2-10,12-15H2,1H3,(H,26,33)(H,27,28). The molecule has 182 valence electrons. The molecule has 0 aromatic carbocycles. The number of hydrogen-bond donors (Lipinski definition) is 2. The van der Waals surface area contributed by atoms with E-state index in [1.807, 2.05) is 11.0 Å². The number of nitrogens with zero attached hydrogens (tertiary/aromatic N) is 5. The zero-order valence-corrected chi connectivity index (χ0v) is 20.1. The fourth-order valence-electron chi connectivity index (χ4n) is 5.44. The highest BCUT2D eigenvalue weighted by molar-refractivity contribution is 5.95. The number of rotatable bonds is 8. The third-order valence-electron chi connectivity index (χ3n) is 7.97. The fourth-order valence-corrected chi connectivity index (χ4v) is 5.44. The first-order valence-electron chi connectivity index (χ1n) is 13.0. The van der Waals surface area contributed by atoms with E-state index in [2.05, 4.69) is 32.0 Å². The maximum absolute atomic E-state index is 13.2. The van der Waals surface area contributed by atoms with Crippen LogP contribution >= 0.6 is 0 Å². The molecule has 1 unspecified atom stereocenters. The lowest BCUT2D eigenvalue weighted by molar-refractivity contribution is 0.0724. The Balaban J connectivity index is 1.18. The van der Waals surface area contributed by atoms with Crippen LogP contribution in [-0.2, 0) is 19.5 Å². The van der Waals surface area contributed by atoms with Crippen molar-refractivity contribution in [2.24, 2.45) is 11.8 Å². The Hall–Kier alpha value is -2.68. The maximum atomic E-state index is 13.2. The van der Waals surface area contributed by atoms with Gasteiger partial charge in [0.25, 0.3) is 11.8 Å². The minimum Gasteiger partial charge on any atom is -0.350 e. The molecule has 2 aliphatic heterocycles. The number of aromatic nitrogens is 4. The topological polar surface area (TPSA) is 99.1 Å². The van der Waals surface area contributed by atoms with Crippen LogP contribution in [0.15, 0.2) is 6.07 Å². The SMILES string of the molecule is CCN1CCC(CNC(=O)c2nn(CC3CC3)c3c2CN(C(=O)c2cc(C4CC4)[nH]n2)CC3)C1. The van der Waals surface area contributed by atoms with Crippen LogP contribution < -0.4 is 5.32 Å². The smallest absolute Gasteiger partial charge is 0.274 e. The number of nitrogens with one attached hydrogen (secondary N) is 2. The molecule has 9 heteroatoms. The predicted octanol–water partition coefficient (Wildman–Crippen LogP) is 2.16. The van der Waals surface area contributed by atoms with Crippen LogP contribution in [0.1, 0.15) is 82.9 Å². The molecule has 0 radical (unpaired) electrons. The summed E-state index contributed by atoms with van der Waals surface area (Å²) in [4.78, 5) is 30.7. The van der Waals surface area contributed by atoms with E-state index < -0.39 is 0 Å². The summed E-state index contributed by atoms with van der Waals surface area (Å²) in [6, 6.07) is 1.90. The first-order valence-corrected chi connectivity index (χ1v) is 13.0. The third-order valence-corrected chi connectivity index (χ3v) is 7.97. The molecule has 0 spiro atoms. The fraction of sp³-hybridized carbons (Fsp3) is 0.680. The average Bonchev–Trinajstić information content (AvgIpc) is 3.73. The molecule has 4 aliphatic rings. The molecule has 1 saturated heterocycles. The van der Waals surface area contributed by atoms with Crippen LogP contribution in [0.25, 0.3) is 0 Å². The number of amides is 2. The average molecular weight is 466 g/mol. The van der Waals surface area contributed by atoms with Crippen LogP contribution in [0.2, 0.25) is 0 Å². The van der Waals surface area contributed by atoms with Gasteiger partial charge in [-0.3, -0.25) is 19.4 Å². The van der Waals surface area contributed by atoms with Gasteiger partial charge in [-0.25, -0.2) is 0 Å². The zero-order valence-electron chi connectivity index (χ0n) is 20.1. The van der Waals surface area contributed by atoms with E-state index in [1.54, 1.807) is 0 Å². The van der Waals surface area contributed by atoms with Crippen molar-refractivity contribution in [1.29, 1.82) is 0 Å². The van der Waals surface area contributed by atoms with E-state index in [0.717, 1.165) is 56.0 Å². The van der Waals surface area contributed by atoms with E-state index in [9.17, 15) is 9.59 Å². The van der Waals surface area contributed by atoms with Crippen molar-refractivity contribution >= 4 is 11.8 Å². The van der Waals surface area contributed by atoms with Gasteiger partial charge in [-0.15, -0.1) is 0 Å². The summed E-state index contributed by atoms with van der Waals surface area (Å²) in [5, 5.41) is 15.3. The van der Waals surface area contributed by atoms with Gasteiger partial charge in [-0.05, 0) is 63.1 Å². The highest BCUT2D eigenvalue weighted by atomic mass is 16.2. The third kappa shape index (κ3) is 4.37. The molecule has 2 saturated carbocycles. The van der Waals surface area contributed by atoms with Crippen LogP contribution in [0.3, 0.4) is 0 Å². The number of aromatic amines is 1. The van der Waals surface area contributed by atoms with Gasteiger partial charge in [-0.1, -0.05) is 6.92 Å². The number of fused-ring (bicyclic) bond motifs is 1. The molecule has 0 bridgehead atoms. The summed E-state index contributed by atoms with van der Waals surface area (Å²) < 4.78 is 2.05. The number of likely N-dealkylation sites (tertiary alicyclic amines) is 1. The van der Waals surface area contributed by atoms with Gasteiger partial charge >= 0.3 is 0 Å². The molecule has 34 heavy (non-hydrogen) atoms. The van der Waals surface area contributed by atoms with Gasteiger partial charge in [0.15, 0.2) is 5.69 Å². The van der Waals surface area contributed by atoms with Crippen molar-refractivity contribution in [2.45, 2.75) is 64.5 Å². The summed E-state index contributed by atoms with van der Waals surface area (Å²) in [6.45, 7) is 7.99. The molecule has 2 aliphatic carbocycles. The van der Waals surface area contributed by atoms with Gasteiger partial charge in [0, 0.05) is 55.5 Å². The lowest BCUT2D eigenvalue weighted by atomic mass is 10.0. The normalized spacial score (nSPS) is 22.7. The van der Waals surface area contributed by atoms with E-state index in [4.69, 9.17) is 5.10 Å². The van der Waals surface area contributed by atoms with Crippen LogP contribution in [0, 0.1) is 11.8 Å².